The average Bonchev–Trinajstić information content (AvgIpc) is 2.65. The Hall–Kier alpha value is -2.56. The summed E-state index contributed by atoms with van der Waals surface area (Å²) in [6.07, 6.45) is 4.14. The number of rotatable bonds is 8. The molecule has 0 saturated heterocycles. The van der Waals surface area contributed by atoms with Gasteiger partial charge in [-0.25, -0.2) is 0 Å². The number of hydrogen-bond acceptors (Lipinski definition) is 3. The number of pyridine rings is 1. The number of nitrogens with one attached hydrogen (secondary N) is 1. The van der Waals surface area contributed by atoms with Gasteiger partial charge in [0, 0.05) is 18.2 Å². The maximum absolute atomic E-state index is 12.4. The van der Waals surface area contributed by atoms with Crippen molar-refractivity contribution in [2.24, 2.45) is 5.92 Å². The van der Waals surface area contributed by atoms with E-state index in [1.54, 1.807) is 31.2 Å². The predicted molar refractivity (Wildman–Crippen MR) is 105 cm³/mol. The lowest BCUT2D eigenvalue weighted by atomic mass is 9.99. The number of anilines is 1. The lowest BCUT2D eigenvalue weighted by Crippen LogP contribution is -2.25. The third kappa shape index (κ3) is 4.75. The van der Waals surface area contributed by atoms with E-state index in [1.165, 1.54) is 10.6 Å². The summed E-state index contributed by atoms with van der Waals surface area (Å²) in [5.74, 6) is -0.166. The van der Waals surface area contributed by atoms with E-state index in [0.29, 0.717) is 29.3 Å². The van der Waals surface area contributed by atoms with Crippen LogP contribution in [-0.2, 0) is 6.54 Å². The standard InChI is InChI=1S/C21H28N2O3/c1-4-6-10-16(5-2)14-23-18(24)13-15(3)19(21(23)26)22-20(25)17-11-8-7-9-12-17/h7-9,11-13,16,26H,4-6,10,14H2,1-3H3,(H,22,25). The summed E-state index contributed by atoms with van der Waals surface area (Å²) in [6.45, 7) is 6.39. The Morgan fingerprint density at radius 2 is 1.92 bits per heavy atom. The fourth-order valence-corrected chi connectivity index (χ4v) is 3.03. The van der Waals surface area contributed by atoms with E-state index < -0.39 is 0 Å². The van der Waals surface area contributed by atoms with Crippen molar-refractivity contribution in [1.29, 1.82) is 0 Å². The van der Waals surface area contributed by atoms with Gasteiger partial charge in [-0.2, -0.15) is 0 Å². The molecule has 0 aliphatic carbocycles. The molecule has 140 valence electrons. The molecular formula is C21H28N2O3. The SMILES string of the molecule is CCCCC(CC)Cn1c(O)c(NC(=O)c2ccccc2)c(C)cc1=O. The van der Waals surface area contributed by atoms with Crippen LogP contribution in [0.25, 0.3) is 0 Å². The van der Waals surface area contributed by atoms with Gasteiger partial charge in [0.25, 0.3) is 11.5 Å². The van der Waals surface area contributed by atoms with Crippen molar-refractivity contribution >= 4 is 11.6 Å². The van der Waals surface area contributed by atoms with E-state index in [1.807, 2.05) is 6.07 Å². The van der Waals surface area contributed by atoms with Crippen LogP contribution in [0.2, 0.25) is 0 Å². The zero-order valence-electron chi connectivity index (χ0n) is 15.8. The first kappa shape index (κ1) is 19.8. The second-order valence-corrected chi connectivity index (χ2v) is 6.71. The number of amides is 1. The van der Waals surface area contributed by atoms with Gasteiger partial charge < -0.3 is 10.4 Å². The van der Waals surface area contributed by atoms with Crippen LogP contribution in [0, 0.1) is 12.8 Å². The number of aromatic nitrogens is 1. The van der Waals surface area contributed by atoms with Gasteiger partial charge in [0.2, 0.25) is 5.88 Å². The van der Waals surface area contributed by atoms with Crippen molar-refractivity contribution < 1.29 is 9.90 Å². The van der Waals surface area contributed by atoms with E-state index >= 15 is 0 Å². The largest absolute Gasteiger partial charge is 0.493 e. The van der Waals surface area contributed by atoms with Gasteiger partial charge in [-0.3, -0.25) is 14.2 Å². The van der Waals surface area contributed by atoms with Crippen molar-refractivity contribution in [2.45, 2.75) is 53.0 Å². The van der Waals surface area contributed by atoms with Gasteiger partial charge in [0.05, 0.1) is 0 Å². The monoisotopic (exact) mass is 356 g/mol. The molecule has 0 aliphatic rings. The summed E-state index contributed by atoms with van der Waals surface area (Å²) in [5.41, 5.74) is 1.10. The lowest BCUT2D eigenvalue weighted by Gasteiger charge is -2.20. The fraction of sp³-hybridized carbons (Fsp3) is 0.429. The van der Waals surface area contributed by atoms with Crippen LogP contribution in [0.5, 0.6) is 5.88 Å². The second-order valence-electron chi connectivity index (χ2n) is 6.71. The molecule has 1 amide bonds. The van der Waals surface area contributed by atoms with Crippen LogP contribution in [0.3, 0.4) is 0 Å². The molecule has 1 heterocycles. The molecule has 1 aromatic heterocycles. The van der Waals surface area contributed by atoms with Crippen molar-refractivity contribution in [3.05, 3.63) is 57.9 Å². The maximum atomic E-state index is 12.4. The highest BCUT2D eigenvalue weighted by Gasteiger charge is 2.18. The van der Waals surface area contributed by atoms with E-state index in [0.717, 1.165) is 25.7 Å². The number of aromatic hydroxyl groups is 1. The summed E-state index contributed by atoms with van der Waals surface area (Å²) < 4.78 is 1.37. The van der Waals surface area contributed by atoms with Gasteiger partial charge in [0.1, 0.15) is 5.69 Å². The number of hydrogen-bond donors (Lipinski definition) is 2. The molecule has 1 unspecified atom stereocenters. The third-order valence-corrected chi connectivity index (χ3v) is 4.74. The number of aryl methyl sites for hydroxylation is 1. The molecular weight excluding hydrogens is 328 g/mol. The highest BCUT2D eigenvalue weighted by atomic mass is 16.3. The molecule has 2 rings (SSSR count). The Morgan fingerprint density at radius 3 is 2.54 bits per heavy atom. The molecule has 5 nitrogen and oxygen atoms in total. The first-order valence-corrected chi connectivity index (χ1v) is 9.27. The molecule has 0 spiro atoms. The number of nitrogens with zero attached hydrogens (tertiary/aromatic N) is 1. The summed E-state index contributed by atoms with van der Waals surface area (Å²) >= 11 is 0. The Morgan fingerprint density at radius 1 is 1.23 bits per heavy atom. The lowest BCUT2D eigenvalue weighted by molar-refractivity contribution is 0.102. The average molecular weight is 356 g/mol. The number of benzene rings is 1. The highest BCUT2D eigenvalue weighted by Crippen LogP contribution is 2.27. The molecule has 1 atom stereocenters. The van der Waals surface area contributed by atoms with Crippen LogP contribution in [-0.4, -0.2) is 15.6 Å². The Bertz CT molecular complexity index is 797. The zero-order valence-corrected chi connectivity index (χ0v) is 15.8. The Kier molecular flexibility index (Phi) is 7.01. The molecule has 0 fully saturated rings. The molecule has 0 radical (unpaired) electrons. The highest BCUT2D eigenvalue weighted by molar-refractivity contribution is 6.05. The van der Waals surface area contributed by atoms with Crippen molar-refractivity contribution in [3.63, 3.8) is 0 Å². The van der Waals surface area contributed by atoms with Crippen LogP contribution in [0.4, 0.5) is 5.69 Å². The van der Waals surface area contributed by atoms with E-state index in [4.69, 9.17) is 0 Å². The van der Waals surface area contributed by atoms with Crippen LogP contribution in [0.15, 0.2) is 41.2 Å². The summed E-state index contributed by atoms with van der Waals surface area (Å²) in [5, 5.41) is 13.4. The van der Waals surface area contributed by atoms with Crippen molar-refractivity contribution in [1.82, 2.24) is 4.57 Å². The Labute approximate surface area is 154 Å². The summed E-state index contributed by atoms with van der Waals surface area (Å²) in [6, 6.07) is 10.3. The molecule has 2 N–H and O–H groups in total. The third-order valence-electron chi connectivity index (χ3n) is 4.74. The molecule has 0 saturated carbocycles. The van der Waals surface area contributed by atoms with Gasteiger partial charge in [-0.1, -0.05) is 51.3 Å². The van der Waals surface area contributed by atoms with Gasteiger partial charge >= 0.3 is 0 Å². The number of carbonyl (C=O) groups is 1. The molecule has 2 aromatic rings. The predicted octanol–water partition coefficient (Wildman–Crippen LogP) is 4.33. The minimum atomic E-state index is -0.313. The molecule has 0 aliphatic heterocycles. The fourth-order valence-electron chi connectivity index (χ4n) is 3.03. The molecule has 26 heavy (non-hydrogen) atoms. The van der Waals surface area contributed by atoms with E-state index in [-0.39, 0.29) is 17.3 Å². The minimum absolute atomic E-state index is 0.172. The Balaban J connectivity index is 2.30. The van der Waals surface area contributed by atoms with Crippen LogP contribution < -0.4 is 10.9 Å². The topological polar surface area (TPSA) is 71.3 Å². The number of unbranched alkanes of at least 4 members (excludes halogenated alkanes) is 1. The summed E-state index contributed by atoms with van der Waals surface area (Å²) in [4.78, 5) is 24.8. The van der Waals surface area contributed by atoms with Crippen molar-refractivity contribution in [3.8, 4) is 5.88 Å². The van der Waals surface area contributed by atoms with E-state index in [9.17, 15) is 14.7 Å². The maximum Gasteiger partial charge on any atom is 0.255 e. The van der Waals surface area contributed by atoms with E-state index in [2.05, 4.69) is 19.2 Å². The first-order valence-electron chi connectivity index (χ1n) is 9.27. The second kappa shape index (κ2) is 9.22. The summed E-state index contributed by atoms with van der Waals surface area (Å²) in [7, 11) is 0. The zero-order chi connectivity index (χ0) is 19.1. The van der Waals surface area contributed by atoms with Gasteiger partial charge in [-0.15, -0.1) is 0 Å². The normalized spacial score (nSPS) is 12.0. The molecule has 1 aromatic carbocycles. The quantitative estimate of drug-likeness (QED) is 0.739. The smallest absolute Gasteiger partial charge is 0.255 e. The van der Waals surface area contributed by atoms with Gasteiger partial charge in [0.15, 0.2) is 0 Å². The first-order chi connectivity index (χ1) is 12.5. The van der Waals surface area contributed by atoms with Gasteiger partial charge in [-0.05, 0) is 37.0 Å². The number of carbonyl (C=O) groups excluding carboxylic acids is 1. The molecule has 0 bridgehead atoms. The van der Waals surface area contributed by atoms with Crippen LogP contribution >= 0.6 is 0 Å². The molecule has 5 heteroatoms. The minimum Gasteiger partial charge on any atom is -0.493 e. The van der Waals surface area contributed by atoms with Crippen molar-refractivity contribution in [2.75, 3.05) is 5.32 Å². The van der Waals surface area contributed by atoms with Crippen LogP contribution in [0.1, 0.15) is 55.5 Å².